The van der Waals surface area contributed by atoms with Crippen LogP contribution in [-0.4, -0.2) is 21.9 Å². The zero-order valence-electron chi connectivity index (χ0n) is 10.5. The normalized spacial score (nSPS) is 10.4. The molecule has 3 rings (SSSR count). The predicted molar refractivity (Wildman–Crippen MR) is 77.8 cm³/mol. The molecule has 3 aromatic rings. The van der Waals surface area contributed by atoms with Gasteiger partial charge < -0.3 is 4.74 Å². The van der Waals surface area contributed by atoms with Gasteiger partial charge in [0, 0.05) is 10.5 Å². The lowest BCUT2D eigenvalue weighted by Gasteiger charge is -2.02. The summed E-state index contributed by atoms with van der Waals surface area (Å²) >= 11 is 3.41. The number of ether oxygens (including phenoxy) is 1. The Labute approximate surface area is 123 Å². The molecule has 0 radical (unpaired) electrons. The van der Waals surface area contributed by atoms with Crippen LogP contribution < -0.4 is 4.74 Å². The fourth-order valence-electron chi connectivity index (χ4n) is 1.96. The molecule has 0 N–H and O–H groups in total. The van der Waals surface area contributed by atoms with Crippen LogP contribution in [0.25, 0.3) is 16.7 Å². The first-order chi connectivity index (χ1) is 9.72. The van der Waals surface area contributed by atoms with Crippen molar-refractivity contribution >= 4 is 27.0 Å². The Morgan fingerprint density at radius 3 is 2.85 bits per heavy atom. The number of fused-ring (bicyclic) bond motifs is 1. The van der Waals surface area contributed by atoms with Gasteiger partial charge in [-0.3, -0.25) is 0 Å². The van der Waals surface area contributed by atoms with Gasteiger partial charge in [0.1, 0.15) is 17.1 Å². The molecule has 0 aliphatic rings. The molecule has 1 aromatic carbocycles. The molecule has 0 unspecified atom stereocenters. The number of rotatable bonds is 2. The van der Waals surface area contributed by atoms with Gasteiger partial charge in [0.05, 0.1) is 12.8 Å². The highest BCUT2D eigenvalue weighted by molar-refractivity contribution is 9.10. The second kappa shape index (κ2) is 4.94. The van der Waals surface area contributed by atoms with Gasteiger partial charge in [-0.25, -0.2) is 9.67 Å². The van der Waals surface area contributed by atoms with E-state index >= 15 is 0 Å². The Balaban J connectivity index is 2.29. The molecule has 0 aliphatic heterocycles. The van der Waals surface area contributed by atoms with Crippen LogP contribution >= 0.6 is 15.9 Å². The summed E-state index contributed by atoms with van der Waals surface area (Å²) in [5.74, 6) is 0.461. The monoisotopic (exact) mass is 328 g/mol. The van der Waals surface area contributed by atoms with Gasteiger partial charge in [0.15, 0.2) is 5.69 Å². The zero-order chi connectivity index (χ0) is 14.1. The van der Waals surface area contributed by atoms with Crippen molar-refractivity contribution in [3.05, 3.63) is 46.6 Å². The van der Waals surface area contributed by atoms with E-state index in [0.29, 0.717) is 22.6 Å². The predicted octanol–water partition coefficient (Wildman–Crippen LogP) is 3.06. The van der Waals surface area contributed by atoms with Crippen LogP contribution in [0.4, 0.5) is 0 Å². The first-order valence-electron chi connectivity index (χ1n) is 5.83. The SMILES string of the molecule is COc1ccc2nn(-c3cccc(Br)c3)c(C#N)c2n1. The third-order valence-corrected chi connectivity index (χ3v) is 3.35. The molecule has 6 heteroatoms. The van der Waals surface area contributed by atoms with Crippen LogP contribution in [0.2, 0.25) is 0 Å². The van der Waals surface area contributed by atoms with Gasteiger partial charge in [0.2, 0.25) is 5.88 Å². The Morgan fingerprint density at radius 1 is 1.30 bits per heavy atom. The number of nitriles is 1. The van der Waals surface area contributed by atoms with Crippen molar-refractivity contribution in [3.63, 3.8) is 0 Å². The molecular formula is C14H9BrN4O. The molecule has 2 aromatic heterocycles. The minimum Gasteiger partial charge on any atom is -0.481 e. The summed E-state index contributed by atoms with van der Waals surface area (Å²) < 4.78 is 7.60. The van der Waals surface area contributed by atoms with Gasteiger partial charge >= 0.3 is 0 Å². The van der Waals surface area contributed by atoms with Gasteiger partial charge in [-0.05, 0) is 24.3 Å². The molecule has 0 spiro atoms. The molecule has 2 heterocycles. The maximum Gasteiger partial charge on any atom is 0.213 e. The minimum atomic E-state index is 0.386. The highest BCUT2D eigenvalue weighted by atomic mass is 79.9. The van der Waals surface area contributed by atoms with Gasteiger partial charge in [-0.15, -0.1) is 0 Å². The van der Waals surface area contributed by atoms with Crippen molar-refractivity contribution in [2.75, 3.05) is 7.11 Å². The first-order valence-corrected chi connectivity index (χ1v) is 6.62. The summed E-state index contributed by atoms with van der Waals surface area (Å²) in [6.07, 6.45) is 0. The number of hydrogen-bond acceptors (Lipinski definition) is 4. The smallest absolute Gasteiger partial charge is 0.213 e. The summed E-state index contributed by atoms with van der Waals surface area (Å²) in [5, 5.41) is 13.8. The Kier molecular flexibility index (Phi) is 3.12. The fraction of sp³-hybridized carbons (Fsp3) is 0.0714. The van der Waals surface area contributed by atoms with E-state index in [2.05, 4.69) is 32.1 Å². The average molecular weight is 329 g/mol. The number of halogens is 1. The summed E-state index contributed by atoms with van der Waals surface area (Å²) in [5.41, 5.74) is 2.37. The van der Waals surface area contributed by atoms with Gasteiger partial charge in [-0.1, -0.05) is 22.0 Å². The minimum absolute atomic E-state index is 0.386. The molecule has 20 heavy (non-hydrogen) atoms. The van der Waals surface area contributed by atoms with Gasteiger partial charge in [0.25, 0.3) is 0 Å². The summed E-state index contributed by atoms with van der Waals surface area (Å²) in [6, 6.07) is 13.3. The standard InChI is InChI=1S/C14H9BrN4O/c1-20-13-6-5-11-14(17-13)12(8-16)19(18-11)10-4-2-3-9(15)7-10/h2-7H,1H3. The zero-order valence-corrected chi connectivity index (χ0v) is 12.1. The highest BCUT2D eigenvalue weighted by Gasteiger charge is 2.14. The highest BCUT2D eigenvalue weighted by Crippen LogP contribution is 2.23. The third kappa shape index (κ3) is 2.02. The molecule has 0 atom stereocenters. The Bertz CT molecular complexity index is 835. The molecule has 0 bridgehead atoms. The lowest BCUT2D eigenvalue weighted by molar-refractivity contribution is 0.399. The van der Waals surface area contributed by atoms with Crippen LogP contribution in [0.1, 0.15) is 5.69 Å². The van der Waals surface area contributed by atoms with Crippen molar-refractivity contribution < 1.29 is 4.74 Å². The summed E-state index contributed by atoms with van der Waals surface area (Å²) in [6.45, 7) is 0. The van der Waals surface area contributed by atoms with E-state index in [9.17, 15) is 5.26 Å². The van der Waals surface area contributed by atoms with E-state index in [1.54, 1.807) is 23.9 Å². The van der Waals surface area contributed by atoms with Crippen molar-refractivity contribution in [3.8, 4) is 17.6 Å². The van der Waals surface area contributed by atoms with Crippen molar-refractivity contribution in [2.24, 2.45) is 0 Å². The first kappa shape index (κ1) is 12.6. The van der Waals surface area contributed by atoms with E-state index in [1.807, 2.05) is 24.3 Å². The lowest BCUT2D eigenvalue weighted by Crippen LogP contribution is -1.99. The van der Waals surface area contributed by atoms with Crippen LogP contribution in [0.5, 0.6) is 5.88 Å². The van der Waals surface area contributed by atoms with Crippen LogP contribution in [0.3, 0.4) is 0 Å². The quantitative estimate of drug-likeness (QED) is 0.725. The number of methoxy groups -OCH3 is 1. The van der Waals surface area contributed by atoms with Crippen LogP contribution in [-0.2, 0) is 0 Å². The number of benzene rings is 1. The molecule has 5 nitrogen and oxygen atoms in total. The Hall–Kier alpha value is -2.39. The van der Waals surface area contributed by atoms with E-state index in [1.165, 1.54) is 0 Å². The van der Waals surface area contributed by atoms with E-state index in [4.69, 9.17) is 4.74 Å². The maximum absolute atomic E-state index is 9.40. The lowest BCUT2D eigenvalue weighted by atomic mass is 10.3. The number of nitrogens with zero attached hydrogens (tertiary/aromatic N) is 4. The van der Waals surface area contributed by atoms with Crippen molar-refractivity contribution in [1.29, 1.82) is 5.26 Å². The number of hydrogen-bond donors (Lipinski definition) is 0. The second-order valence-corrected chi connectivity index (χ2v) is 4.99. The fourth-order valence-corrected chi connectivity index (χ4v) is 2.34. The van der Waals surface area contributed by atoms with E-state index in [0.717, 1.165) is 10.2 Å². The molecule has 0 fully saturated rings. The van der Waals surface area contributed by atoms with E-state index in [-0.39, 0.29) is 0 Å². The molecule has 0 saturated carbocycles. The van der Waals surface area contributed by atoms with Crippen molar-refractivity contribution in [1.82, 2.24) is 14.8 Å². The second-order valence-electron chi connectivity index (χ2n) is 4.07. The molecule has 0 aliphatic carbocycles. The van der Waals surface area contributed by atoms with E-state index < -0.39 is 0 Å². The average Bonchev–Trinajstić information content (AvgIpc) is 2.84. The van der Waals surface area contributed by atoms with Crippen molar-refractivity contribution in [2.45, 2.75) is 0 Å². The van der Waals surface area contributed by atoms with Crippen LogP contribution in [0, 0.1) is 11.3 Å². The summed E-state index contributed by atoms with van der Waals surface area (Å²) in [7, 11) is 1.54. The maximum atomic E-state index is 9.40. The molecule has 98 valence electrons. The molecule has 0 amide bonds. The van der Waals surface area contributed by atoms with Gasteiger partial charge in [-0.2, -0.15) is 10.4 Å². The molecular weight excluding hydrogens is 320 g/mol. The molecule has 0 saturated heterocycles. The number of pyridine rings is 1. The number of aromatic nitrogens is 3. The summed E-state index contributed by atoms with van der Waals surface area (Å²) in [4.78, 5) is 4.29. The Morgan fingerprint density at radius 2 is 2.15 bits per heavy atom. The topological polar surface area (TPSA) is 63.7 Å². The largest absolute Gasteiger partial charge is 0.481 e. The third-order valence-electron chi connectivity index (χ3n) is 2.86. The van der Waals surface area contributed by atoms with Crippen LogP contribution in [0.15, 0.2) is 40.9 Å².